The molecule has 0 unspecified atom stereocenters. The highest BCUT2D eigenvalue weighted by atomic mass is 16.5. The van der Waals surface area contributed by atoms with E-state index in [4.69, 9.17) is 14.2 Å². The number of nitrogens with zero attached hydrogens (tertiary/aromatic N) is 2. The van der Waals surface area contributed by atoms with Gasteiger partial charge in [-0.1, -0.05) is 6.07 Å². The molecule has 0 aliphatic rings. The number of benzene rings is 1. The van der Waals surface area contributed by atoms with E-state index in [9.17, 15) is 4.79 Å². The summed E-state index contributed by atoms with van der Waals surface area (Å²) in [4.78, 5) is 19.7. The van der Waals surface area contributed by atoms with Gasteiger partial charge in [-0.2, -0.15) is 0 Å². The van der Waals surface area contributed by atoms with Crippen LogP contribution in [0.15, 0.2) is 36.7 Å². The number of hydrogen-bond acceptors (Lipinski definition) is 6. The number of anilines is 1. The number of hydrogen-bond donors (Lipinski definition) is 1. The molecule has 0 aliphatic heterocycles. The average molecular weight is 303 g/mol. The van der Waals surface area contributed by atoms with Crippen molar-refractivity contribution in [1.29, 1.82) is 0 Å². The van der Waals surface area contributed by atoms with Crippen molar-refractivity contribution in [3.8, 4) is 17.5 Å². The van der Waals surface area contributed by atoms with Gasteiger partial charge in [-0.3, -0.25) is 4.79 Å². The SMILES string of the molecule is CCOc1ncc(NC(=O)COc2cccc(OC)c2)cn1. The summed E-state index contributed by atoms with van der Waals surface area (Å²) >= 11 is 0. The average Bonchev–Trinajstić information content (AvgIpc) is 2.55. The molecule has 2 rings (SSSR count). The number of methoxy groups -OCH3 is 1. The van der Waals surface area contributed by atoms with Gasteiger partial charge in [-0.05, 0) is 19.1 Å². The van der Waals surface area contributed by atoms with Crippen molar-refractivity contribution in [2.24, 2.45) is 0 Å². The van der Waals surface area contributed by atoms with E-state index in [0.717, 1.165) is 0 Å². The zero-order valence-corrected chi connectivity index (χ0v) is 12.4. The second-order valence-electron chi connectivity index (χ2n) is 4.20. The van der Waals surface area contributed by atoms with Gasteiger partial charge in [0.25, 0.3) is 5.91 Å². The quantitative estimate of drug-likeness (QED) is 0.841. The molecular weight excluding hydrogens is 286 g/mol. The monoisotopic (exact) mass is 303 g/mol. The predicted octanol–water partition coefficient (Wildman–Crippen LogP) is 1.90. The zero-order valence-electron chi connectivity index (χ0n) is 12.4. The van der Waals surface area contributed by atoms with Gasteiger partial charge in [0.2, 0.25) is 0 Å². The Morgan fingerprint density at radius 1 is 1.18 bits per heavy atom. The minimum atomic E-state index is -0.310. The number of carbonyl (C=O) groups excluding carboxylic acids is 1. The molecule has 22 heavy (non-hydrogen) atoms. The first-order valence-corrected chi connectivity index (χ1v) is 6.73. The van der Waals surface area contributed by atoms with Crippen LogP contribution in [0.1, 0.15) is 6.92 Å². The second kappa shape index (κ2) is 7.82. The van der Waals surface area contributed by atoms with E-state index in [1.165, 1.54) is 12.4 Å². The number of nitrogens with one attached hydrogen (secondary N) is 1. The van der Waals surface area contributed by atoms with Crippen molar-refractivity contribution >= 4 is 11.6 Å². The summed E-state index contributed by atoms with van der Waals surface area (Å²) in [5.41, 5.74) is 0.475. The minimum absolute atomic E-state index is 0.125. The van der Waals surface area contributed by atoms with Crippen LogP contribution in [-0.4, -0.2) is 36.2 Å². The molecule has 0 aliphatic carbocycles. The lowest BCUT2D eigenvalue weighted by Crippen LogP contribution is -2.20. The molecule has 1 amide bonds. The smallest absolute Gasteiger partial charge is 0.316 e. The molecule has 0 radical (unpaired) electrons. The highest BCUT2D eigenvalue weighted by molar-refractivity contribution is 5.91. The Balaban J connectivity index is 1.84. The molecule has 0 saturated carbocycles. The van der Waals surface area contributed by atoms with Gasteiger partial charge in [0.1, 0.15) is 11.5 Å². The van der Waals surface area contributed by atoms with Crippen molar-refractivity contribution in [3.05, 3.63) is 36.7 Å². The van der Waals surface area contributed by atoms with E-state index in [-0.39, 0.29) is 18.5 Å². The standard InChI is InChI=1S/C15H17N3O4/c1-3-21-15-16-8-11(9-17-15)18-14(19)10-22-13-6-4-5-12(7-13)20-2/h4-9H,3,10H2,1-2H3,(H,18,19). The lowest BCUT2D eigenvalue weighted by molar-refractivity contribution is -0.118. The summed E-state index contributed by atoms with van der Waals surface area (Å²) in [6.45, 7) is 2.20. The van der Waals surface area contributed by atoms with Crippen LogP contribution < -0.4 is 19.5 Å². The molecule has 0 bridgehead atoms. The fourth-order valence-corrected chi connectivity index (χ4v) is 1.62. The first kappa shape index (κ1) is 15.6. The summed E-state index contributed by atoms with van der Waals surface area (Å²) < 4.78 is 15.6. The third kappa shape index (κ3) is 4.62. The molecule has 2 aromatic rings. The van der Waals surface area contributed by atoms with Crippen molar-refractivity contribution in [3.63, 3.8) is 0 Å². The molecule has 116 valence electrons. The highest BCUT2D eigenvalue weighted by Crippen LogP contribution is 2.18. The first-order chi connectivity index (χ1) is 10.7. The molecule has 0 atom stereocenters. The Hall–Kier alpha value is -2.83. The third-order valence-electron chi connectivity index (χ3n) is 2.60. The largest absolute Gasteiger partial charge is 0.497 e. The van der Waals surface area contributed by atoms with Crippen molar-refractivity contribution < 1.29 is 19.0 Å². The fourth-order valence-electron chi connectivity index (χ4n) is 1.62. The Morgan fingerprint density at radius 3 is 2.59 bits per heavy atom. The van der Waals surface area contributed by atoms with Gasteiger partial charge in [0, 0.05) is 6.07 Å². The van der Waals surface area contributed by atoms with Crippen LogP contribution in [0, 0.1) is 0 Å². The molecule has 1 aromatic heterocycles. The lowest BCUT2D eigenvalue weighted by atomic mass is 10.3. The number of rotatable bonds is 7. The Bertz CT molecular complexity index is 616. The molecule has 1 aromatic carbocycles. The summed E-state index contributed by atoms with van der Waals surface area (Å²) in [5.74, 6) is 0.908. The van der Waals surface area contributed by atoms with Crippen molar-refractivity contribution in [1.82, 2.24) is 9.97 Å². The normalized spacial score (nSPS) is 9.91. The summed E-state index contributed by atoms with van der Waals surface area (Å²) in [6.07, 6.45) is 2.95. The molecule has 0 fully saturated rings. The van der Waals surface area contributed by atoms with Crippen LogP contribution in [0.3, 0.4) is 0 Å². The maximum absolute atomic E-state index is 11.8. The number of aromatic nitrogens is 2. The highest BCUT2D eigenvalue weighted by Gasteiger charge is 2.06. The molecule has 7 heteroatoms. The van der Waals surface area contributed by atoms with E-state index < -0.39 is 0 Å². The van der Waals surface area contributed by atoms with E-state index >= 15 is 0 Å². The van der Waals surface area contributed by atoms with Crippen LogP contribution in [0.4, 0.5) is 5.69 Å². The maximum atomic E-state index is 11.8. The Kier molecular flexibility index (Phi) is 5.53. The predicted molar refractivity (Wildman–Crippen MR) is 80.3 cm³/mol. The van der Waals surface area contributed by atoms with Crippen LogP contribution >= 0.6 is 0 Å². The summed E-state index contributed by atoms with van der Waals surface area (Å²) in [5, 5.41) is 2.63. The maximum Gasteiger partial charge on any atom is 0.316 e. The van der Waals surface area contributed by atoms with E-state index in [1.54, 1.807) is 31.4 Å². The van der Waals surface area contributed by atoms with Crippen LogP contribution in [0.2, 0.25) is 0 Å². The lowest BCUT2D eigenvalue weighted by Gasteiger charge is -2.08. The number of ether oxygens (including phenoxy) is 3. The minimum Gasteiger partial charge on any atom is -0.497 e. The van der Waals surface area contributed by atoms with Gasteiger partial charge in [0.15, 0.2) is 6.61 Å². The third-order valence-corrected chi connectivity index (χ3v) is 2.60. The van der Waals surface area contributed by atoms with Crippen molar-refractivity contribution in [2.75, 3.05) is 25.6 Å². The molecule has 7 nitrogen and oxygen atoms in total. The van der Waals surface area contributed by atoms with E-state index in [2.05, 4.69) is 15.3 Å². The van der Waals surface area contributed by atoms with Gasteiger partial charge >= 0.3 is 6.01 Å². The van der Waals surface area contributed by atoms with Gasteiger partial charge in [0.05, 0.1) is 31.8 Å². The molecular formula is C15H17N3O4. The van der Waals surface area contributed by atoms with Gasteiger partial charge in [-0.15, -0.1) is 0 Å². The molecule has 1 N–H and O–H groups in total. The summed E-state index contributed by atoms with van der Waals surface area (Å²) in [7, 11) is 1.57. The first-order valence-electron chi connectivity index (χ1n) is 6.73. The van der Waals surface area contributed by atoms with E-state index in [1.807, 2.05) is 6.92 Å². The molecule has 1 heterocycles. The fraction of sp³-hybridized carbons (Fsp3) is 0.267. The Morgan fingerprint density at radius 2 is 1.91 bits per heavy atom. The topological polar surface area (TPSA) is 82.6 Å². The summed E-state index contributed by atoms with van der Waals surface area (Å²) in [6, 6.07) is 7.30. The second-order valence-corrected chi connectivity index (χ2v) is 4.20. The van der Waals surface area contributed by atoms with Crippen molar-refractivity contribution in [2.45, 2.75) is 6.92 Å². The van der Waals surface area contributed by atoms with E-state index in [0.29, 0.717) is 23.8 Å². The number of amides is 1. The Labute approximate surface area is 128 Å². The molecule has 0 spiro atoms. The zero-order chi connectivity index (χ0) is 15.8. The van der Waals surface area contributed by atoms with Crippen LogP contribution in [0.5, 0.6) is 17.5 Å². The number of carbonyl (C=O) groups is 1. The van der Waals surface area contributed by atoms with Crippen LogP contribution in [-0.2, 0) is 4.79 Å². The van der Waals surface area contributed by atoms with Gasteiger partial charge in [-0.25, -0.2) is 9.97 Å². The molecule has 0 saturated heterocycles. The van der Waals surface area contributed by atoms with Crippen LogP contribution in [0.25, 0.3) is 0 Å². The van der Waals surface area contributed by atoms with Gasteiger partial charge < -0.3 is 19.5 Å².